The van der Waals surface area contributed by atoms with Crippen LogP contribution in [0.3, 0.4) is 0 Å². The fraction of sp³-hybridized carbons (Fsp3) is 0.0714. The Morgan fingerprint density at radius 2 is 1.90 bits per heavy atom. The van der Waals surface area contributed by atoms with Gasteiger partial charge >= 0.3 is 0 Å². The van der Waals surface area contributed by atoms with Gasteiger partial charge in [0.15, 0.2) is 0 Å². The maximum atomic E-state index is 13.2. The second-order valence-corrected chi connectivity index (χ2v) is 4.10. The zero-order chi connectivity index (χ0) is 15.4. The summed E-state index contributed by atoms with van der Waals surface area (Å²) in [7, 11) is 1.50. The largest absolute Gasteiger partial charge is 0.497 e. The number of anilines is 1. The van der Waals surface area contributed by atoms with E-state index in [1.165, 1.54) is 7.11 Å². The molecule has 0 aliphatic heterocycles. The standard InChI is InChI=1S/C14H11FN2O4/c1-21-11-5-3-10(4-6-11)16-14(18)12-8-9(15)2-7-13(12)17(19)20/h2-8H,1H3,(H,16,18). The molecule has 7 heteroatoms. The Hall–Kier alpha value is -2.96. The molecule has 21 heavy (non-hydrogen) atoms. The van der Waals surface area contributed by atoms with E-state index in [9.17, 15) is 19.3 Å². The van der Waals surface area contributed by atoms with Crippen molar-refractivity contribution < 1.29 is 18.8 Å². The Morgan fingerprint density at radius 1 is 1.24 bits per heavy atom. The number of carbonyl (C=O) groups excluding carboxylic acids is 1. The number of hydrogen-bond acceptors (Lipinski definition) is 4. The van der Waals surface area contributed by atoms with E-state index in [0.29, 0.717) is 11.4 Å². The average Bonchev–Trinajstić information content (AvgIpc) is 2.47. The van der Waals surface area contributed by atoms with Gasteiger partial charge in [-0.15, -0.1) is 0 Å². The Balaban J connectivity index is 2.27. The van der Waals surface area contributed by atoms with Gasteiger partial charge in [-0.05, 0) is 36.4 Å². The predicted octanol–water partition coefficient (Wildman–Crippen LogP) is 2.99. The molecule has 108 valence electrons. The minimum atomic E-state index is -0.758. The van der Waals surface area contributed by atoms with Crippen LogP contribution in [0.4, 0.5) is 15.8 Å². The van der Waals surface area contributed by atoms with Gasteiger partial charge in [0.1, 0.15) is 17.1 Å². The van der Waals surface area contributed by atoms with Crippen LogP contribution in [-0.4, -0.2) is 17.9 Å². The van der Waals surface area contributed by atoms with E-state index in [4.69, 9.17) is 4.74 Å². The number of methoxy groups -OCH3 is 1. The van der Waals surface area contributed by atoms with Gasteiger partial charge in [0.05, 0.1) is 12.0 Å². The molecule has 0 aromatic heterocycles. The summed E-state index contributed by atoms with van der Waals surface area (Å²) >= 11 is 0. The fourth-order valence-electron chi connectivity index (χ4n) is 1.72. The summed E-state index contributed by atoms with van der Waals surface area (Å²) in [6.45, 7) is 0. The molecule has 1 N–H and O–H groups in total. The highest BCUT2D eigenvalue weighted by atomic mass is 19.1. The van der Waals surface area contributed by atoms with E-state index in [1.807, 2.05) is 0 Å². The van der Waals surface area contributed by atoms with Crippen LogP contribution >= 0.6 is 0 Å². The predicted molar refractivity (Wildman–Crippen MR) is 74.0 cm³/mol. The van der Waals surface area contributed by atoms with Crippen LogP contribution in [0, 0.1) is 15.9 Å². The highest BCUT2D eigenvalue weighted by Gasteiger charge is 2.21. The Kier molecular flexibility index (Phi) is 4.13. The van der Waals surface area contributed by atoms with Crippen molar-refractivity contribution >= 4 is 17.3 Å². The number of nitrogens with zero attached hydrogens (tertiary/aromatic N) is 1. The lowest BCUT2D eigenvalue weighted by molar-refractivity contribution is -0.385. The molecule has 0 spiro atoms. The summed E-state index contributed by atoms with van der Waals surface area (Å²) in [4.78, 5) is 22.2. The summed E-state index contributed by atoms with van der Waals surface area (Å²) in [5.41, 5.74) is -0.377. The molecule has 1 amide bonds. The van der Waals surface area contributed by atoms with E-state index in [0.717, 1.165) is 18.2 Å². The first-order chi connectivity index (χ1) is 10.0. The molecule has 2 rings (SSSR count). The summed E-state index contributed by atoms with van der Waals surface area (Å²) in [5.74, 6) is -0.878. The lowest BCUT2D eigenvalue weighted by Gasteiger charge is -2.07. The Labute approximate surface area is 119 Å². The number of benzene rings is 2. The number of nitro groups is 1. The first-order valence-electron chi connectivity index (χ1n) is 5.90. The van der Waals surface area contributed by atoms with Crippen LogP contribution in [-0.2, 0) is 0 Å². The number of rotatable bonds is 4. The van der Waals surface area contributed by atoms with Gasteiger partial charge in [0.2, 0.25) is 0 Å². The van der Waals surface area contributed by atoms with Gasteiger partial charge in [0.25, 0.3) is 11.6 Å². The van der Waals surface area contributed by atoms with Crippen molar-refractivity contribution in [3.63, 3.8) is 0 Å². The number of hydrogen-bond donors (Lipinski definition) is 1. The monoisotopic (exact) mass is 290 g/mol. The van der Waals surface area contributed by atoms with Crippen LogP contribution < -0.4 is 10.1 Å². The lowest BCUT2D eigenvalue weighted by atomic mass is 10.1. The number of nitro benzene ring substituents is 1. The molecule has 0 aliphatic carbocycles. The van der Waals surface area contributed by atoms with Crippen molar-refractivity contribution in [2.45, 2.75) is 0 Å². The molecule has 0 unspecified atom stereocenters. The van der Waals surface area contributed by atoms with Crippen LogP contribution in [0.5, 0.6) is 5.75 Å². The number of nitrogens with one attached hydrogen (secondary N) is 1. The maximum Gasteiger partial charge on any atom is 0.282 e. The van der Waals surface area contributed by atoms with Crippen molar-refractivity contribution in [2.24, 2.45) is 0 Å². The van der Waals surface area contributed by atoms with Gasteiger partial charge in [-0.25, -0.2) is 4.39 Å². The van der Waals surface area contributed by atoms with Crippen molar-refractivity contribution in [3.8, 4) is 5.75 Å². The second kappa shape index (κ2) is 6.00. The van der Waals surface area contributed by atoms with Crippen molar-refractivity contribution in [2.75, 3.05) is 12.4 Å². The first-order valence-corrected chi connectivity index (χ1v) is 5.90. The highest BCUT2D eigenvalue weighted by molar-refractivity contribution is 6.07. The molecular formula is C14H11FN2O4. The highest BCUT2D eigenvalue weighted by Crippen LogP contribution is 2.22. The lowest BCUT2D eigenvalue weighted by Crippen LogP contribution is -2.14. The molecule has 0 atom stereocenters. The van der Waals surface area contributed by atoms with Crippen LogP contribution in [0.1, 0.15) is 10.4 Å². The maximum absolute atomic E-state index is 13.2. The molecule has 2 aromatic rings. The van der Waals surface area contributed by atoms with E-state index in [1.54, 1.807) is 24.3 Å². The van der Waals surface area contributed by atoms with Gasteiger partial charge in [-0.3, -0.25) is 14.9 Å². The quantitative estimate of drug-likeness (QED) is 0.693. The molecule has 0 bridgehead atoms. The third kappa shape index (κ3) is 3.33. The third-order valence-electron chi connectivity index (χ3n) is 2.75. The van der Waals surface area contributed by atoms with Crippen molar-refractivity contribution in [3.05, 3.63) is 64.0 Å². The van der Waals surface area contributed by atoms with Crippen molar-refractivity contribution in [1.29, 1.82) is 0 Å². The summed E-state index contributed by atoms with van der Waals surface area (Å²) in [5, 5.41) is 13.3. The van der Waals surface area contributed by atoms with Gasteiger partial charge in [-0.1, -0.05) is 0 Å². The minimum Gasteiger partial charge on any atom is -0.497 e. The van der Waals surface area contributed by atoms with Gasteiger partial charge < -0.3 is 10.1 Å². The summed E-state index contributed by atoms with van der Waals surface area (Å²) in [6.07, 6.45) is 0. The van der Waals surface area contributed by atoms with E-state index < -0.39 is 22.3 Å². The number of carbonyl (C=O) groups is 1. The molecule has 0 saturated heterocycles. The molecule has 0 heterocycles. The second-order valence-electron chi connectivity index (χ2n) is 4.10. The molecule has 6 nitrogen and oxygen atoms in total. The van der Waals surface area contributed by atoms with Gasteiger partial charge in [-0.2, -0.15) is 0 Å². The van der Waals surface area contributed by atoms with Crippen LogP contribution in [0.2, 0.25) is 0 Å². The number of amides is 1. The summed E-state index contributed by atoms with van der Waals surface area (Å²) in [6, 6.07) is 9.10. The molecule has 0 fully saturated rings. The zero-order valence-corrected chi connectivity index (χ0v) is 11.0. The molecule has 2 aromatic carbocycles. The Bertz CT molecular complexity index is 686. The summed E-state index contributed by atoms with van der Waals surface area (Å²) < 4.78 is 18.2. The van der Waals surface area contributed by atoms with Crippen molar-refractivity contribution in [1.82, 2.24) is 0 Å². The fourth-order valence-corrected chi connectivity index (χ4v) is 1.72. The zero-order valence-electron chi connectivity index (χ0n) is 11.0. The molecule has 0 aliphatic rings. The average molecular weight is 290 g/mol. The first kappa shape index (κ1) is 14.4. The molecule has 0 radical (unpaired) electrons. The normalized spacial score (nSPS) is 10.0. The smallest absolute Gasteiger partial charge is 0.282 e. The number of ether oxygens (including phenoxy) is 1. The number of halogens is 1. The van der Waals surface area contributed by atoms with E-state index in [-0.39, 0.29) is 5.56 Å². The molecule has 0 saturated carbocycles. The topological polar surface area (TPSA) is 81.5 Å². The Morgan fingerprint density at radius 3 is 2.48 bits per heavy atom. The SMILES string of the molecule is COc1ccc(NC(=O)c2cc(F)ccc2[N+](=O)[O-])cc1. The molecular weight excluding hydrogens is 279 g/mol. The van der Waals surface area contributed by atoms with Crippen LogP contribution in [0.25, 0.3) is 0 Å². The van der Waals surface area contributed by atoms with Crippen LogP contribution in [0.15, 0.2) is 42.5 Å². The minimum absolute atomic E-state index is 0.337. The van der Waals surface area contributed by atoms with E-state index in [2.05, 4.69) is 5.32 Å². The van der Waals surface area contributed by atoms with E-state index >= 15 is 0 Å². The van der Waals surface area contributed by atoms with Gasteiger partial charge in [0, 0.05) is 11.8 Å². The third-order valence-corrected chi connectivity index (χ3v) is 2.75.